The lowest BCUT2D eigenvalue weighted by Gasteiger charge is -2.30. The number of hydrogen-bond donors (Lipinski definition) is 4. The number of amides is 1. The second kappa shape index (κ2) is 12.9. The minimum Gasteiger partial charge on any atom is -0.445 e. The zero-order chi connectivity index (χ0) is 28.7. The number of aromatic amines is 1. The number of alkyl carbamates (subject to hydrolysis) is 1. The molecular weight excluding hydrogens is 530 g/mol. The Morgan fingerprint density at radius 3 is 2.33 bits per heavy atom. The molecule has 11 heteroatoms. The Hall–Kier alpha value is -3.93. The number of nitrogens with two attached hydrogens (primary N) is 1. The van der Waals surface area contributed by atoms with Crippen LogP contribution in [0.1, 0.15) is 25.0 Å². The number of aliphatic hydroxyl groups is 1. The van der Waals surface area contributed by atoms with Crippen molar-refractivity contribution in [2.75, 3.05) is 18.8 Å². The maximum atomic E-state index is 13.8. The van der Waals surface area contributed by atoms with Crippen LogP contribution in [0.3, 0.4) is 0 Å². The molecule has 0 fully saturated rings. The van der Waals surface area contributed by atoms with E-state index in [-0.39, 0.29) is 42.9 Å². The Bertz CT molecular complexity index is 1510. The highest BCUT2D eigenvalue weighted by Crippen LogP contribution is 2.23. The van der Waals surface area contributed by atoms with E-state index in [9.17, 15) is 18.3 Å². The number of hydrogen-bond acceptors (Lipinski definition) is 7. The van der Waals surface area contributed by atoms with Crippen molar-refractivity contribution in [2.45, 2.75) is 43.9 Å². The van der Waals surface area contributed by atoms with Gasteiger partial charge in [0.2, 0.25) is 10.0 Å². The molecule has 3 aromatic carbocycles. The largest absolute Gasteiger partial charge is 0.445 e. The minimum atomic E-state index is -4.01. The average molecular weight is 566 g/mol. The van der Waals surface area contributed by atoms with Crippen molar-refractivity contribution in [3.63, 3.8) is 0 Å². The molecule has 212 valence electrons. The van der Waals surface area contributed by atoms with Crippen LogP contribution in [0.5, 0.6) is 0 Å². The van der Waals surface area contributed by atoms with E-state index in [4.69, 9.17) is 10.5 Å². The van der Waals surface area contributed by atoms with Gasteiger partial charge in [0.15, 0.2) is 5.95 Å². The number of aliphatic hydroxyl groups excluding tert-OH is 1. The molecule has 0 aliphatic rings. The third-order valence-corrected chi connectivity index (χ3v) is 8.18. The number of benzene rings is 3. The van der Waals surface area contributed by atoms with Gasteiger partial charge in [0.25, 0.3) is 0 Å². The average Bonchev–Trinajstić information content (AvgIpc) is 3.31. The number of anilines is 1. The topological polar surface area (TPSA) is 151 Å². The van der Waals surface area contributed by atoms with Crippen LogP contribution in [0.25, 0.3) is 11.0 Å². The van der Waals surface area contributed by atoms with Crippen LogP contribution in [0.2, 0.25) is 0 Å². The van der Waals surface area contributed by atoms with Crippen molar-refractivity contribution in [2.24, 2.45) is 5.92 Å². The third-order valence-electron chi connectivity index (χ3n) is 6.35. The standard InChI is InChI=1S/C29H35N5O5S/c1-20(2)17-34(40(37,38)23-13-14-24-25(16-23)32-28(30)31-24)18-27(35)26(15-21-9-5-3-6-10-21)33-29(36)39-19-22-11-7-4-8-12-22/h3-14,16,20,26-27,35H,15,17-19H2,1-2H3,(H,33,36)(H3,30,31,32)/t26?,27-/m1/s1. The number of rotatable bonds is 12. The molecule has 0 saturated heterocycles. The van der Waals surface area contributed by atoms with Gasteiger partial charge in [0, 0.05) is 13.1 Å². The SMILES string of the molecule is CC(C)CN(C[C@@H](O)C(Cc1ccccc1)NC(=O)OCc1ccccc1)S(=O)(=O)c1ccc2nc(N)[nH]c2c1. The highest BCUT2D eigenvalue weighted by atomic mass is 32.2. The molecule has 40 heavy (non-hydrogen) atoms. The fourth-order valence-corrected chi connectivity index (χ4v) is 6.05. The lowest BCUT2D eigenvalue weighted by Crippen LogP contribution is -2.51. The number of carbonyl (C=O) groups is 1. The number of fused-ring (bicyclic) bond motifs is 1. The number of H-pyrrole nitrogens is 1. The summed E-state index contributed by atoms with van der Waals surface area (Å²) >= 11 is 0. The van der Waals surface area contributed by atoms with E-state index < -0.39 is 28.3 Å². The van der Waals surface area contributed by atoms with E-state index >= 15 is 0 Å². The summed E-state index contributed by atoms with van der Waals surface area (Å²) < 4.78 is 34.1. The van der Waals surface area contributed by atoms with E-state index in [1.54, 1.807) is 6.07 Å². The van der Waals surface area contributed by atoms with E-state index in [1.165, 1.54) is 16.4 Å². The molecule has 0 radical (unpaired) electrons. The number of nitrogens with one attached hydrogen (secondary N) is 2. The Kier molecular flexibility index (Phi) is 9.41. The summed E-state index contributed by atoms with van der Waals surface area (Å²) in [4.78, 5) is 19.8. The van der Waals surface area contributed by atoms with Gasteiger partial charge in [0.1, 0.15) is 6.61 Å². The van der Waals surface area contributed by atoms with E-state index in [2.05, 4.69) is 15.3 Å². The predicted molar refractivity (Wildman–Crippen MR) is 154 cm³/mol. The summed E-state index contributed by atoms with van der Waals surface area (Å²) in [7, 11) is -4.01. The Morgan fingerprint density at radius 2 is 1.68 bits per heavy atom. The first-order chi connectivity index (χ1) is 19.1. The number of carbonyl (C=O) groups excluding carboxylic acids is 1. The second-order valence-corrected chi connectivity index (χ2v) is 12.0. The van der Waals surface area contributed by atoms with Crippen molar-refractivity contribution in [3.8, 4) is 0 Å². The van der Waals surface area contributed by atoms with Crippen molar-refractivity contribution >= 4 is 33.1 Å². The van der Waals surface area contributed by atoms with Crippen LogP contribution >= 0.6 is 0 Å². The molecule has 1 unspecified atom stereocenters. The van der Waals surface area contributed by atoms with Gasteiger partial charge in [-0.2, -0.15) is 4.31 Å². The van der Waals surface area contributed by atoms with Gasteiger partial charge in [-0.1, -0.05) is 74.5 Å². The molecule has 1 heterocycles. The molecule has 4 rings (SSSR count). The van der Waals surface area contributed by atoms with Crippen molar-refractivity contribution in [3.05, 3.63) is 90.0 Å². The third kappa shape index (κ3) is 7.59. The number of sulfonamides is 1. The summed E-state index contributed by atoms with van der Waals surface area (Å²) in [5.74, 6) is 0.165. The minimum absolute atomic E-state index is 0.0233. The van der Waals surface area contributed by atoms with Crippen molar-refractivity contribution < 1.29 is 23.1 Å². The first kappa shape index (κ1) is 29.1. The van der Waals surface area contributed by atoms with E-state index in [0.717, 1.165) is 11.1 Å². The van der Waals surface area contributed by atoms with Crippen LogP contribution in [0.4, 0.5) is 10.7 Å². The van der Waals surface area contributed by atoms with Crippen LogP contribution in [-0.4, -0.2) is 59.1 Å². The molecule has 0 spiro atoms. The van der Waals surface area contributed by atoms with Crippen LogP contribution in [0.15, 0.2) is 83.8 Å². The molecule has 0 saturated carbocycles. The van der Waals surface area contributed by atoms with Gasteiger partial charge in [-0.3, -0.25) is 0 Å². The summed E-state index contributed by atoms with van der Waals surface area (Å²) in [6, 6.07) is 22.3. The van der Waals surface area contributed by atoms with Gasteiger partial charge in [-0.25, -0.2) is 18.2 Å². The lowest BCUT2D eigenvalue weighted by atomic mass is 10.0. The quantitative estimate of drug-likeness (QED) is 0.205. The first-order valence-corrected chi connectivity index (χ1v) is 14.5. The normalized spacial score (nSPS) is 13.4. The maximum Gasteiger partial charge on any atom is 0.407 e. The predicted octanol–water partition coefficient (Wildman–Crippen LogP) is 3.69. The van der Waals surface area contributed by atoms with Gasteiger partial charge in [-0.15, -0.1) is 0 Å². The fraction of sp³-hybridized carbons (Fsp3) is 0.310. The number of aromatic nitrogens is 2. The molecule has 2 atom stereocenters. The van der Waals surface area contributed by atoms with Gasteiger partial charge in [-0.05, 0) is 41.7 Å². The summed E-state index contributed by atoms with van der Waals surface area (Å²) in [6.45, 7) is 3.79. The monoisotopic (exact) mass is 565 g/mol. The fourth-order valence-electron chi connectivity index (χ4n) is 4.40. The Morgan fingerprint density at radius 1 is 1.02 bits per heavy atom. The van der Waals surface area contributed by atoms with E-state index in [0.29, 0.717) is 11.0 Å². The maximum absolute atomic E-state index is 13.8. The zero-order valence-electron chi connectivity index (χ0n) is 22.5. The molecule has 1 aromatic heterocycles. The summed E-state index contributed by atoms with van der Waals surface area (Å²) in [5.41, 5.74) is 8.46. The molecule has 10 nitrogen and oxygen atoms in total. The molecular formula is C29H35N5O5S. The smallest absolute Gasteiger partial charge is 0.407 e. The van der Waals surface area contributed by atoms with Gasteiger partial charge >= 0.3 is 6.09 Å². The number of ether oxygens (including phenoxy) is 1. The Balaban J connectivity index is 1.55. The van der Waals surface area contributed by atoms with Gasteiger partial charge in [0.05, 0.1) is 28.1 Å². The Labute approximate surface area is 234 Å². The van der Waals surface area contributed by atoms with Crippen LogP contribution in [0, 0.1) is 5.92 Å². The van der Waals surface area contributed by atoms with Crippen LogP contribution in [-0.2, 0) is 27.8 Å². The first-order valence-electron chi connectivity index (χ1n) is 13.1. The molecule has 0 aliphatic heterocycles. The highest BCUT2D eigenvalue weighted by molar-refractivity contribution is 7.89. The molecule has 1 amide bonds. The van der Waals surface area contributed by atoms with Crippen LogP contribution < -0.4 is 11.1 Å². The van der Waals surface area contributed by atoms with Crippen molar-refractivity contribution in [1.29, 1.82) is 0 Å². The van der Waals surface area contributed by atoms with E-state index in [1.807, 2.05) is 74.5 Å². The van der Waals surface area contributed by atoms with Crippen molar-refractivity contribution in [1.82, 2.24) is 19.6 Å². The zero-order valence-corrected chi connectivity index (χ0v) is 23.3. The lowest BCUT2D eigenvalue weighted by molar-refractivity contribution is 0.0873. The molecule has 5 N–H and O–H groups in total. The van der Waals surface area contributed by atoms with Gasteiger partial charge < -0.3 is 25.9 Å². The molecule has 0 bridgehead atoms. The number of nitrogens with zero attached hydrogens (tertiary/aromatic N) is 2. The number of nitrogen functional groups attached to an aromatic ring is 1. The summed E-state index contributed by atoms with van der Waals surface area (Å²) in [5, 5.41) is 14.1. The highest BCUT2D eigenvalue weighted by Gasteiger charge is 2.32. The molecule has 4 aromatic rings. The summed E-state index contributed by atoms with van der Waals surface area (Å²) in [6.07, 6.45) is -1.66. The second-order valence-electron chi connectivity index (χ2n) is 10.1. The molecule has 0 aliphatic carbocycles. The number of imidazole rings is 1.